The number of amides is 2. The van der Waals surface area contributed by atoms with Crippen molar-refractivity contribution >= 4 is 34.6 Å². The third-order valence-corrected chi connectivity index (χ3v) is 5.27. The van der Waals surface area contributed by atoms with E-state index in [2.05, 4.69) is 15.3 Å². The number of rotatable bonds is 5. The second-order valence-electron chi connectivity index (χ2n) is 7.64. The Morgan fingerprint density at radius 1 is 1.21 bits per heavy atom. The molecule has 4 rings (SSSR count). The second-order valence-corrected chi connectivity index (χ2v) is 7.64. The van der Waals surface area contributed by atoms with Crippen LogP contribution in [0.5, 0.6) is 0 Å². The van der Waals surface area contributed by atoms with E-state index in [0.717, 1.165) is 18.5 Å². The minimum absolute atomic E-state index is 0.0353. The number of carbonyl (C=O) groups excluding carboxylic acids is 1. The first-order valence-corrected chi connectivity index (χ1v) is 9.76. The molecule has 3 N–H and O–H groups in total. The Bertz CT molecular complexity index is 1250. The highest BCUT2D eigenvalue weighted by molar-refractivity contribution is 5.89. The molecule has 0 saturated carbocycles. The fraction of sp³-hybridized carbons (Fsp3) is 0.300. The molecule has 0 spiro atoms. The van der Waals surface area contributed by atoms with Gasteiger partial charge in [-0.05, 0) is 13.0 Å². The monoisotopic (exact) mass is 485 g/mol. The molecule has 0 bridgehead atoms. The molecule has 1 aliphatic heterocycles. The van der Waals surface area contributed by atoms with Crippen LogP contribution < -0.4 is 15.5 Å². The summed E-state index contributed by atoms with van der Waals surface area (Å²) in [5.41, 5.74) is -0.782. The number of halogens is 5. The van der Waals surface area contributed by atoms with Crippen molar-refractivity contribution in [1.29, 1.82) is 0 Å². The molecule has 3 aromatic rings. The van der Waals surface area contributed by atoms with Gasteiger partial charge in [-0.25, -0.2) is 23.5 Å². The summed E-state index contributed by atoms with van der Waals surface area (Å²) in [6, 6.07) is -2.62. The Labute approximate surface area is 187 Å². The van der Waals surface area contributed by atoms with Crippen molar-refractivity contribution in [2.24, 2.45) is 5.92 Å². The Morgan fingerprint density at radius 2 is 1.85 bits per heavy atom. The molecule has 34 heavy (non-hydrogen) atoms. The first-order valence-electron chi connectivity index (χ1n) is 9.76. The third kappa shape index (κ3) is 4.43. The van der Waals surface area contributed by atoms with E-state index in [1.165, 1.54) is 6.92 Å². The summed E-state index contributed by atoms with van der Waals surface area (Å²) in [6.45, 7) is 1.60. The number of aromatic nitrogens is 2. The maximum Gasteiger partial charge on any atom is 0.416 e. The van der Waals surface area contributed by atoms with Crippen molar-refractivity contribution in [3.05, 3.63) is 47.5 Å². The standard InChI is InChI=1S/C20H16F5N5O4/c1-8-12-2-10(21)3-13(22)15(12)34-14(8)16(20(23,24)25)29-19(33)28-11-4-26-18(27-5-11)30-6-9(7-30)17(31)32/h2-5,9,16H,6-7H2,1H3,(H,31,32)(H2,28,29,33)/t16-/m1/s1. The minimum atomic E-state index is -5.02. The van der Waals surface area contributed by atoms with Crippen LogP contribution in [0.2, 0.25) is 0 Å². The number of fused-ring (bicyclic) bond motifs is 1. The zero-order valence-corrected chi connectivity index (χ0v) is 17.3. The molecule has 3 heterocycles. The molecule has 1 aliphatic rings. The smallest absolute Gasteiger partial charge is 0.416 e. The van der Waals surface area contributed by atoms with Gasteiger partial charge in [-0.3, -0.25) is 4.79 Å². The van der Waals surface area contributed by atoms with Crippen LogP contribution in [-0.4, -0.2) is 46.3 Å². The third-order valence-electron chi connectivity index (χ3n) is 5.27. The summed E-state index contributed by atoms with van der Waals surface area (Å²) < 4.78 is 73.7. The zero-order valence-electron chi connectivity index (χ0n) is 17.3. The predicted octanol–water partition coefficient (Wildman–Crippen LogP) is 3.76. The summed E-state index contributed by atoms with van der Waals surface area (Å²) in [7, 11) is 0. The van der Waals surface area contributed by atoms with Crippen molar-refractivity contribution in [3.63, 3.8) is 0 Å². The molecule has 1 fully saturated rings. The molecule has 1 saturated heterocycles. The first-order chi connectivity index (χ1) is 15.9. The molecule has 0 aliphatic carbocycles. The van der Waals surface area contributed by atoms with E-state index in [0.29, 0.717) is 6.07 Å². The van der Waals surface area contributed by atoms with Gasteiger partial charge in [-0.15, -0.1) is 0 Å². The lowest BCUT2D eigenvalue weighted by molar-refractivity contribution is -0.158. The average molecular weight is 485 g/mol. The number of carboxylic acid groups (broad SMARTS) is 1. The maximum atomic E-state index is 14.0. The SMILES string of the molecule is Cc1c([C@@H](NC(=O)Nc2cnc(N3CC(C(=O)O)C3)nc2)C(F)(F)F)oc2c(F)cc(F)cc12. The Balaban J connectivity index is 1.49. The fourth-order valence-corrected chi connectivity index (χ4v) is 3.48. The van der Waals surface area contributed by atoms with Crippen LogP contribution in [-0.2, 0) is 4.79 Å². The molecule has 14 heteroatoms. The van der Waals surface area contributed by atoms with E-state index >= 15 is 0 Å². The van der Waals surface area contributed by atoms with Crippen LogP contribution in [0.1, 0.15) is 17.4 Å². The normalized spacial score (nSPS) is 15.2. The number of furan rings is 1. The molecule has 180 valence electrons. The zero-order chi connectivity index (χ0) is 24.8. The van der Waals surface area contributed by atoms with Crippen molar-refractivity contribution in [2.75, 3.05) is 23.3 Å². The quantitative estimate of drug-likeness (QED) is 0.471. The lowest BCUT2D eigenvalue weighted by atomic mass is 10.0. The molecule has 2 amide bonds. The van der Waals surface area contributed by atoms with Gasteiger partial charge < -0.3 is 25.1 Å². The lowest BCUT2D eigenvalue weighted by Gasteiger charge is -2.36. The van der Waals surface area contributed by atoms with Crippen molar-refractivity contribution in [1.82, 2.24) is 15.3 Å². The van der Waals surface area contributed by atoms with Gasteiger partial charge in [0.05, 0.1) is 24.0 Å². The predicted molar refractivity (Wildman–Crippen MR) is 107 cm³/mol. The van der Waals surface area contributed by atoms with E-state index in [1.54, 1.807) is 10.2 Å². The highest BCUT2D eigenvalue weighted by Crippen LogP contribution is 2.39. The number of hydrogen-bond donors (Lipinski definition) is 3. The number of nitrogens with one attached hydrogen (secondary N) is 2. The van der Waals surface area contributed by atoms with Crippen molar-refractivity contribution in [2.45, 2.75) is 19.1 Å². The average Bonchev–Trinajstić information content (AvgIpc) is 3.02. The Morgan fingerprint density at radius 3 is 2.44 bits per heavy atom. The molecule has 1 atom stereocenters. The largest absolute Gasteiger partial charge is 0.481 e. The number of nitrogens with zero attached hydrogens (tertiary/aromatic N) is 3. The van der Waals surface area contributed by atoms with E-state index in [9.17, 15) is 31.5 Å². The van der Waals surface area contributed by atoms with E-state index in [4.69, 9.17) is 9.52 Å². The summed E-state index contributed by atoms with van der Waals surface area (Å²) >= 11 is 0. The van der Waals surface area contributed by atoms with Gasteiger partial charge in [0.1, 0.15) is 11.6 Å². The topological polar surface area (TPSA) is 121 Å². The molecule has 9 nitrogen and oxygen atoms in total. The Kier molecular flexibility index (Phi) is 5.75. The molecule has 0 unspecified atom stereocenters. The van der Waals surface area contributed by atoms with Gasteiger partial charge in [0, 0.05) is 30.1 Å². The van der Waals surface area contributed by atoms with Crippen LogP contribution in [0.25, 0.3) is 11.0 Å². The van der Waals surface area contributed by atoms with Gasteiger partial charge >= 0.3 is 18.2 Å². The van der Waals surface area contributed by atoms with E-state index in [-0.39, 0.29) is 35.7 Å². The van der Waals surface area contributed by atoms with Gasteiger partial charge in [-0.2, -0.15) is 13.2 Å². The van der Waals surface area contributed by atoms with Gasteiger partial charge in [0.2, 0.25) is 5.95 Å². The molecular weight excluding hydrogens is 469 g/mol. The number of benzene rings is 1. The number of anilines is 2. The molecule has 1 aromatic carbocycles. The van der Waals surface area contributed by atoms with Crippen molar-refractivity contribution in [3.8, 4) is 0 Å². The number of aryl methyl sites for hydroxylation is 1. The number of alkyl halides is 3. The number of hydrogen-bond acceptors (Lipinski definition) is 6. The highest BCUT2D eigenvalue weighted by atomic mass is 19.4. The van der Waals surface area contributed by atoms with Gasteiger partial charge in [0.15, 0.2) is 17.4 Å². The minimum Gasteiger partial charge on any atom is -0.481 e. The van der Waals surface area contributed by atoms with Crippen LogP contribution in [0.15, 0.2) is 28.9 Å². The summed E-state index contributed by atoms with van der Waals surface area (Å²) in [5.74, 6) is -4.25. The molecule has 2 aromatic heterocycles. The van der Waals surface area contributed by atoms with Crippen LogP contribution >= 0.6 is 0 Å². The summed E-state index contributed by atoms with van der Waals surface area (Å²) in [6.07, 6.45) is -2.74. The van der Waals surface area contributed by atoms with Crippen LogP contribution in [0, 0.1) is 24.5 Å². The van der Waals surface area contributed by atoms with Crippen LogP contribution in [0.4, 0.5) is 38.4 Å². The van der Waals surface area contributed by atoms with E-state index in [1.807, 2.05) is 0 Å². The Hall–Kier alpha value is -3.97. The number of aliphatic carboxylic acids is 1. The molecular formula is C20H16F5N5O4. The summed E-state index contributed by atoms with van der Waals surface area (Å²) in [5, 5.41) is 12.6. The molecule has 0 radical (unpaired) electrons. The summed E-state index contributed by atoms with van der Waals surface area (Å²) in [4.78, 5) is 32.6. The first kappa shape index (κ1) is 23.2. The highest BCUT2D eigenvalue weighted by Gasteiger charge is 2.45. The number of carbonyl (C=O) groups is 2. The number of urea groups is 1. The lowest BCUT2D eigenvalue weighted by Crippen LogP contribution is -2.51. The van der Waals surface area contributed by atoms with E-state index < -0.39 is 53.1 Å². The second kappa shape index (κ2) is 8.43. The maximum absolute atomic E-state index is 14.0. The van der Waals surface area contributed by atoms with Gasteiger partial charge in [-0.1, -0.05) is 0 Å². The van der Waals surface area contributed by atoms with Crippen LogP contribution in [0.3, 0.4) is 0 Å². The van der Waals surface area contributed by atoms with Gasteiger partial charge in [0.25, 0.3) is 0 Å². The number of carboxylic acids is 1. The fourth-order valence-electron chi connectivity index (χ4n) is 3.48. The van der Waals surface area contributed by atoms with Crippen molar-refractivity contribution < 1.29 is 41.1 Å².